The average molecular weight is 913 g/mol. The normalized spacial score (nSPS) is 13.4. The lowest BCUT2D eigenvalue weighted by Gasteiger charge is -2.35. The Labute approximate surface area is 403 Å². The standard InChI is InChI=1S/C63H44N4Si2/c1-5-25-49(26-6-1)68(50-27-7-2-8-28-50)53-33-17-21-45(41-53)46-22-18-34-54(42-46)69(51-29-9-3-10-30-51,52-31-11-4-12-32-52)56-36-20-24-48(44-56)62-64-61(47-23-19-35-55(68)43-47)65-63(66-62)67-59-39-15-13-37-57(59)58-38-14-16-40-60(58)67/h1-44H. The summed E-state index contributed by atoms with van der Waals surface area (Å²) in [5.41, 5.74) is 6.32. The Bertz CT molecular complexity index is 3530. The van der Waals surface area contributed by atoms with Gasteiger partial charge in [0.1, 0.15) is 0 Å². The lowest BCUT2D eigenvalue weighted by atomic mass is 10.1. The van der Waals surface area contributed by atoms with E-state index in [1.165, 1.54) is 52.6 Å². The van der Waals surface area contributed by atoms with Crippen molar-refractivity contribution in [3.63, 3.8) is 0 Å². The van der Waals surface area contributed by atoms with E-state index >= 15 is 0 Å². The third-order valence-corrected chi connectivity index (χ3v) is 23.8. The zero-order valence-corrected chi connectivity index (χ0v) is 39.7. The molecule has 0 amide bonds. The Hall–Kier alpha value is -8.56. The van der Waals surface area contributed by atoms with E-state index in [9.17, 15) is 0 Å². The SMILES string of the molecule is c1ccc([Si]2(c3ccccc3)c3cccc(c3)-c3cccc(c3)[Si](c3ccccc3)(c3ccccc3)c3cccc(c3)-c3nc(nc(-n4c5ccccc5c5ccccc54)n3)-c3cccc2c3)cc1. The molecule has 10 bridgehead atoms. The van der Waals surface area contributed by atoms with Crippen molar-refractivity contribution >= 4 is 79.4 Å². The van der Waals surface area contributed by atoms with Gasteiger partial charge in [-0.05, 0) is 64.8 Å². The number of fused-ring (bicyclic) bond motifs is 16. The summed E-state index contributed by atoms with van der Waals surface area (Å²) in [7, 11) is -6.11. The molecule has 1 aliphatic rings. The van der Waals surface area contributed by atoms with Crippen molar-refractivity contribution in [2.75, 3.05) is 0 Å². The van der Waals surface area contributed by atoms with Crippen LogP contribution in [-0.4, -0.2) is 35.7 Å². The molecule has 12 aromatic rings. The number of aromatic nitrogens is 4. The Balaban J connectivity index is 1.20. The monoisotopic (exact) mass is 912 g/mol. The predicted molar refractivity (Wildman–Crippen MR) is 291 cm³/mol. The summed E-state index contributed by atoms with van der Waals surface area (Å²) in [6.45, 7) is 0. The number of para-hydroxylation sites is 2. The molecule has 3 heterocycles. The minimum Gasteiger partial charge on any atom is -0.278 e. The maximum Gasteiger partial charge on any atom is 0.238 e. The van der Waals surface area contributed by atoms with E-state index in [1.54, 1.807) is 0 Å². The van der Waals surface area contributed by atoms with Gasteiger partial charge in [-0.25, -0.2) is 4.98 Å². The Morgan fingerprint density at radius 3 is 0.899 bits per heavy atom. The first kappa shape index (κ1) is 40.7. The van der Waals surface area contributed by atoms with Crippen LogP contribution < -0.4 is 41.5 Å². The largest absolute Gasteiger partial charge is 0.278 e. The molecule has 0 fully saturated rings. The van der Waals surface area contributed by atoms with Gasteiger partial charge in [-0.3, -0.25) is 4.57 Å². The molecule has 0 atom stereocenters. The van der Waals surface area contributed by atoms with Crippen LogP contribution in [0.25, 0.3) is 61.7 Å². The molecule has 6 heteroatoms. The van der Waals surface area contributed by atoms with E-state index in [4.69, 9.17) is 15.0 Å². The van der Waals surface area contributed by atoms with Crippen LogP contribution in [-0.2, 0) is 0 Å². The van der Waals surface area contributed by atoms with Crippen LogP contribution in [0.2, 0.25) is 0 Å². The van der Waals surface area contributed by atoms with E-state index in [-0.39, 0.29) is 0 Å². The number of hydrogen-bond acceptors (Lipinski definition) is 3. The van der Waals surface area contributed by atoms with Gasteiger partial charge in [0.15, 0.2) is 27.8 Å². The highest BCUT2D eigenvalue weighted by atomic mass is 28.3. The molecule has 69 heavy (non-hydrogen) atoms. The van der Waals surface area contributed by atoms with Crippen molar-refractivity contribution in [3.8, 4) is 39.9 Å². The number of hydrogen-bond donors (Lipinski definition) is 0. The highest BCUT2D eigenvalue weighted by molar-refractivity contribution is 7.20. The quantitative estimate of drug-likeness (QED) is 0.162. The van der Waals surface area contributed by atoms with Crippen LogP contribution in [0.1, 0.15) is 0 Å². The van der Waals surface area contributed by atoms with Crippen molar-refractivity contribution in [2.24, 2.45) is 0 Å². The Morgan fingerprint density at radius 1 is 0.246 bits per heavy atom. The summed E-state index contributed by atoms with van der Waals surface area (Å²) in [6.07, 6.45) is 0. The lowest BCUT2D eigenvalue weighted by Crippen LogP contribution is -2.74. The summed E-state index contributed by atoms with van der Waals surface area (Å²) >= 11 is 0. The first-order valence-electron chi connectivity index (χ1n) is 23.6. The zero-order chi connectivity index (χ0) is 45.8. The van der Waals surface area contributed by atoms with Gasteiger partial charge in [0.05, 0.1) is 11.0 Å². The fourth-order valence-corrected chi connectivity index (χ4v) is 20.9. The molecule has 324 valence electrons. The molecule has 1 aliphatic heterocycles. The molecule has 0 spiro atoms. The summed E-state index contributed by atoms with van der Waals surface area (Å²) in [4.78, 5) is 16.5. The van der Waals surface area contributed by atoms with Crippen LogP contribution in [0.4, 0.5) is 0 Å². The second-order valence-electron chi connectivity index (χ2n) is 17.9. The van der Waals surface area contributed by atoms with Gasteiger partial charge in [0, 0.05) is 21.9 Å². The number of benzene rings is 10. The van der Waals surface area contributed by atoms with Gasteiger partial charge in [0.2, 0.25) is 5.95 Å². The van der Waals surface area contributed by atoms with Crippen molar-refractivity contribution in [3.05, 3.63) is 267 Å². The third-order valence-electron chi connectivity index (χ3n) is 14.3. The van der Waals surface area contributed by atoms with Crippen molar-refractivity contribution < 1.29 is 0 Å². The molecule has 2 aromatic heterocycles. The summed E-state index contributed by atoms with van der Waals surface area (Å²) in [6, 6.07) is 98.7. The first-order valence-corrected chi connectivity index (χ1v) is 27.6. The van der Waals surface area contributed by atoms with Crippen LogP contribution in [0.15, 0.2) is 267 Å². The lowest BCUT2D eigenvalue weighted by molar-refractivity contribution is 0.953. The zero-order valence-electron chi connectivity index (χ0n) is 37.7. The smallest absolute Gasteiger partial charge is 0.238 e. The van der Waals surface area contributed by atoms with Crippen LogP contribution in [0.5, 0.6) is 0 Å². The maximum atomic E-state index is 5.53. The molecule has 0 saturated carbocycles. The second kappa shape index (κ2) is 16.6. The van der Waals surface area contributed by atoms with E-state index in [1.807, 2.05) is 0 Å². The highest BCUT2D eigenvalue weighted by Gasteiger charge is 2.44. The maximum absolute atomic E-state index is 5.53. The molecule has 10 aromatic carbocycles. The molecule has 4 nitrogen and oxygen atoms in total. The minimum absolute atomic E-state index is 0.575. The van der Waals surface area contributed by atoms with Crippen LogP contribution >= 0.6 is 0 Å². The Kier molecular flexibility index (Phi) is 9.82. The van der Waals surface area contributed by atoms with Gasteiger partial charge < -0.3 is 0 Å². The molecule has 0 saturated heterocycles. The summed E-state index contributed by atoms with van der Waals surface area (Å²) < 4.78 is 2.21. The van der Waals surface area contributed by atoms with E-state index in [0.717, 1.165) is 32.9 Å². The van der Waals surface area contributed by atoms with E-state index in [0.29, 0.717) is 17.6 Å². The first-order chi connectivity index (χ1) is 34.2. The van der Waals surface area contributed by atoms with Gasteiger partial charge >= 0.3 is 0 Å². The number of rotatable bonds is 5. The van der Waals surface area contributed by atoms with Crippen LogP contribution in [0, 0.1) is 0 Å². The number of nitrogens with zero attached hydrogens (tertiary/aromatic N) is 4. The average Bonchev–Trinajstić information content (AvgIpc) is 3.77. The molecular formula is C63H44N4Si2. The Morgan fingerprint density at radius 2 is 0.536 bits per heavy atom. The van der Waals surface area contributed by atoms with Gasteiger partial charge in [-0.15, -0.1) is 0 Å². The highest BCUT2D eigenvalue weighted by Crippen LogP contribution is 2.32. The molecule has 0 unspecified atom stereocenters. The van der Waals surface area contributed by atoms with Crippen molar-refractivity contribution in [1.29, 1.82) is 0 Å². The minimum atomic E-state index is -3.05. The van der Waals surface area contributed by atoms with Crippen LogP contribution in [0.3, 0.4) is 0 Å². The topological polar surface area (TPSA) is 43.6 Å². The molecule has 0 aliphatic carbocycles. The van der Waals surface area contributed by atoms with Crippen molar-refractivity contribution in [2.45, 2.75) is 0 Å². The van der Waals surface area contributed by atoms with Gasteiger partial charge in [-0.2, -0.15) is 9.97 Å². The molecule has 0 radical (unpaired) electrons. The third kappa shape index (κ3) is 6.52. The van der Waals surface area contributed by atoms with E-state index in [2.05, 4.69) is 271 Å². The summed E-state index contributed by atoms with van der Waals surface area (Å²) in [5, 5.41) is 12.6. The fraction of sp³-hybridized carbons (Fsp3) is 0. The van der Waals surface area contributed by atoms with E-state index < -0.39 is 16.1 Å². The summed E-state index contributed by atoms with van der Waals surface area (Å²) in [5.74, 6) is 1.81. The molecule has 0 N–H and O–H groups in total. The van der Waals surface area contributed by atoms with Gasteiger partial charge in [-0.1, -0.05) is 255 Å². The fourth-order valence-electron chi connectivity index (χ4n) is 11.3. The van der Waals surface area contributed by atoms with Gasteiger partial charge in [0.25, 0.3) is 0 Å². The second-order valence-corrected chi connectivity index (χ2v) is 25.6. The van der Waals surface area contributed by atoms with Crippen molar-refractivity contribution in [1.82, 2.24) is 19.5 Å². The molecule has 13 rings (SSSR count). The molecular weight excluding hydrogens is 869 g/mol. The predicted octanol–water partition coefficient (Wildman–Crippen LogP) is 9.04.